The third kappa shape index (κ3) is 3.83. The van der Waals surface area contributed by atoms with E-state index in [1.165, 1.54) is 24.1 Å². The average Bonchev–Trinajstić information content (AvgIpc) is 3.62. The highest BCUT2D eigenvalue weighted by Crippen LogP contribution is 2.47. The van der Waals surface area contributed by atoms with E-state index in [-0.39, 0.29) is 35.5 Å². The van der Waals surface area contributed by atoms with E-state index >= 15 is 0 Å². The van der Waals surface area contributed by atoms with Gasteiger partial charge in [-0.3, -0.25) is 19.3 Å². The van der Waals surface area contributed by atoms with Gasteiger partial charge in [-0.25, -0.2) is 4.39 Å². The highest BCUT2D eigenvalue weighted by molar-refractivity contribution is 6.21. The lowest BCUT2D eigenvalue weighted by Gasteiger charge is -2.18. The van der Waals surface area contributed by atoms with Crippen molar-refractivity contribution in [2.75, 3.05) is 13.7 Å². The van der Waals surface area contributed by atoms with E-state index in [1.54, 1.807) is 54.6 Å². The topological polar surface area (TPSA) is 75.7 Å². The highest BCUT2D eigenvalue weighted by Gasteiger charge is 2.44. The van der Waals surface area contributed by atoms with Crippen LogP contribution in [0.2, 0.25) is 0 Å². The fourth-order valence-electron chi connectivity index (χ4n) is 4.46. The molecule has 0 aromatic heterocycles. The third-order valence-corrected chi connectivity index (χ3v) is 6.62. The Bertz CT molecular complexity index is 1260. The molecule has 1 fully saturated rings. The molecule has 5 rings (SSSR count). The Morgan fingerprint density at radius 3 is 2.24 bits per heavy atom. The predicted octanol–water partition coefficient (Wildman–Crippen LogP) is 4.09. The molecule has 1 N–H and O–H groups in total. The van der Waals surface area contributed by atoms with E-state index in [0.717, 1.165) is 18.4 Å². The molecular weight excluding hydrogens is 435 g/mol. The second kappa shape index (κ2) is 8.41. The van der Waals surface area contributed by atoms with Crippen molar-refractivity contribution < 1.29 is 23.5 Å². The van der Waals surface area contributed by atoms with Crippen molar-refractivity contribution in [3.63, 3.8) is 0 Å². The van der Waals surface area contributed by atoms with Crippen molar-refractivity contribution in [2.24, 2.45) is 0 Å². The normalized spacial score (nSPS) is 15.8. The first-order valence-corrected chi connectivity index (χ1v) is 11.1. The summed E-state index contributed by atoms with van der Waals surface area (Å²) >= 11 is 0. The lowest BCUT2D eigenvalue weighted by molar-refractivity contribution is 0.0642. The van der Waals surface area contributed by atoms with E-state index in [0.29, 0.717) is 34.5 Å². The zero-order valence-corrected chi connectivity index (χ0v) is 18.6. The molecule has 3 aromatic carbocycles. The lowest BCUT2D eigenvalue weighted by Crippen LogP contribution is -2.33. The number of nitrogens with zero attached hydrogens (tertiary/aromatic N) is 1. The molecule has 172 valence electrons. The second-order valence-electron chi connectivity index (χ2n) is 8.75. The van der Waals surface area contributed by atoms with Gasteiger partial charge in [0.15, 0.2) is 0 Å². The molecule has 0 saturated heterocycles. The molecular formula is C27H23FN2O4. The maximum atomic E-state index is 13.3. The van der Waals surface area contributed by atoms with Crippen LogP contribution >= 0.6 is 0 Å². The second-order valence-corrected chi connectivity index (χ2v) is 8.75. The van der Waals surface area contributed by atoms with E-state index < -0.39 is 0 Å². The standard InChI is InChI=1S/C27H23FN2O4/c1-34-23-11-6-17(15-30-25(32)20-4-2-3-5-21(20)26(30)33)14-22(23)24(31)29-16-27(12-13-27)18-7-9-19(28)10-8-18/h2-11,14H,12-13,15-16H2,1H3,(H,29,31). The number of ether oxygens (including phenoxy) is 1. The van der Waals surface area contributed by atoms with Crippen molar-refractivity contribution in [3.8, 4) is 5.75 Å². The van der Waals surface area contributed by atoms with Gasteiger partial charge in [-0.15, -0.1) is 0 Å². The number of amides is 3. The number of nitrogens with one attached hydrogen (secondary N) is 1. The molecule has 1 heterocycles. The summed E-state index contributed by atoms with van der Waals surface area (Å²) < 4.78 is 18.7. The number of rotatable bonds is 7. The molecule has 0 spiro atoms. The zero-order valence-electron chi connectivity index (χ0n) is 18.6. The molecule has 0 unspecified atom stereocenters. The predicted molar refractivity (Wildman–Crippen MR) is 123 cm³/mol. The largest absolute Gasteiger partial charge is 0.496 e. The summed E-state index contributed by atoms with van der Waals surface area (Å²) in [6, 6.07) is 18.2. The summed E-state index contributed by atoms with van der Waals surface area (Å²) in [5, 5.41) is 2.98. The quantitative estimate of drug-likeness (QED) is 0.541. The van der Waals surface area contributed by atoms with Crippen LogP contribution < -0.4 is 10.1 Å². The Kier molecular flexibility index (Phi) is 5.40. The number of methoxy groups -OCH3 is 1. The minimum atomic E-state index is -0.350. The van der Waals surface area contributed by atoms with Crippen LogP contribution in [-0.2, 0) is 12.0 Å². The molecule has 7 heteroatoms. The van der Waals surface area contributed by atoms with Gasteiger partial charge in [-0.05, 0) is 60.4 Å². The van der Waals surface area contributed by atoms with Crippen molar-refractivity contribution in [2.45, 2.75) is 24.8 Å². The molecule has 0 radical (unpaired) electrons. The Morgan fingerprint density at radius 1 is 1.00 bits per heavy atom. The summed E-state index contributed by atoms with van der Waals surface area (Å²) in [5.74, 6) is -0.900. The van der Waals surface area contributed by atoms with Crippen molar-refractivity contribution in [1.29, 1.82) is 0 Å². The Balaban J connectivity index is 1.32. The monoisotopic (exact) mass is 458 g/mol. The summed E-state index contributed by atoms with van der Waals surface area (Å²) in [6.07, 6.45) is 1.83. The van der Waals surface area contributed by atoms with Gasteiger partial charge >= 0.3 is 0 Å². The first-order valence-electron chi connectivity index (χ1n) is 11.1. The molecule has 0 atom stereocenters. The maximum Gasteiger partial charge on any atom is 0.261 e. The number of benzene rings is 3. The first-order chi connectivity index (χ1) is 16.4. The van der Waals surface area contributed by atoms with Gasteiger partial charge in [0.05, 0.1) is 30.3 Å². The molecule has 3 amide bonds. The van der Waals surface area contributed by atoms with E-state index in [1.807, 2.05) is 0 Å². The van der Waals surface area contributed by atoms with Gasteiger partial charge in [-0.2, -0.15) is 0 Å². The average molecular weight is 458 g/mol. The van der Waals surface area contributed by atoms with E-state index in [4.69, 9.17) is 4.74 Å². The van der Waals surface area contributed by atoms with Gasteiger partial charge in [0.25, 0.3) is 17.7 Å². The van der Waals surface area contributed by atoms with Crippen molar-refractivity contribution in [3.05, 3.63) is 100 Å². The third-order valence-electron chi connectivity index (χ3n) is 6.62. The number of fused-ring (bicyclic) bond motifs is 1. The molecule has 6 nitrogen and oxygen atoms in total. The number of carbonyl (C=O) groups excluding carboxylic acids is 3. The Labute approximate surface area is 196 Å². The van der Waals surface area contributed by atoms with Crippen LogP contribution in [0.5, 0.6) is 5.75 Å². The maximum absolute atomic E-state index is 13.3. The molecule has 1 aliphatic heterocycles. The lowest BCUT2D eigenvalue weighted by atomic mass is 9.95. The van der Waals surface area contributed by atoms with Crippen LogP contribution in [0.1, 0.15) is 55.0 Å². The van der Waals surface area contributed by atoms with Crippen LogP contribution in [0.15, 0.2) is 66.7 Å². The fourth-order valence-corrected chi connectivity index (χ4v) is 4.46. The summed E-state index contributed by atoms with van der Waals surface area (Å²) in [5.41, 5.74) is 2.55. The van der Waals surface area contributed by atoms with Crippen LogP contribution in [0, 0.1) is 5.82 Å². The highest BCUT2D eigenvalue weighted by atomic mass is 19.1. The number of hydrogen-bond donors (Lipinski definition) is 1. The minimum Gasteiger partial charge on any atom is -0.496 e. The minimum absolute atomic E-state index is 0.0517. The molecule has 1 aliphatic carbocycles. The SMILES string of the molecule is COc1ccc(CN2C(=O)c3ccccc3C2=O)cc1C(=O)NCC1(c2ccc(F)cc2)CC1. The number of halogens is 1. The van der Waals surface area contributed by atoms with Gasteiger partial charge in [0, 0.05) is 12.0 Å². The molecule has 0 bridgehead atoms. The first kappa shape index (κ1) is 21.8. The van der Waals surface area contributed by atoms with Crippen molar-refractivity contribution >= 4 is 17.7 Å². The summed E-state index contributed by atoms with van der Waals surface area (Å²) in [6.45, 7) is 0.472. The summed E-state index contributed by atoms with van der Waals surface area (Å²) in [4.78, 5) is 39.7. The van der Waals surface area contributed by atoms with Gasteiger partial charge in [-0.1, -0.05) is 30.3 Å². The summed E-state index contributed by atoms with van der Waals surface area (Å²) in [7, 11) is 1.48. The Hall–Kier alpha value is -4.00. The van der Waals surface area contributed by atoms with Crippen LogP contribution in [0.4, 0.5) is 4.39 Å². The number of carbonyl (C=O) groups is 3. The molecule has 34 heavy (non-hydrogen) atoms. The zero-order chi connectivity index (χ0) is 23.9. The fraction of sp³-hybridized carbons (Fsp3) is 0.222. The number of imide groups is 1. The Morgan fingerprint density at radius 2 is 1.65 bits per heavy atom. The molecule has 1 saturated carbocycles. The van der Waals surface area contributed by atoms with Gasteiger partial charge in [0.1, 0.15) is 11.6 Å². The van der Waals surface area contributed by atoms with Gasteiger partial charge in [0.2, 0.25) is 0 Å². The van der Waals surface area contributed by atoms with Crippen LogP contribution in [-0.4, -0.2) is 36.3 Å². The smallest absolute Gasteiger partial charge is 0.261 e. The van der Waals surface area contributed by atoms with Crippen molar-refractivity contribution in [1.82, 2.24) is 10.2 Å². The molecule has 3 aromatic rings. The molecule has 2 aliphatic rings. The van der Waals surface area contributed by atoms with E-state index in [9.17, 15) is 18.8 Å². The number of hydrogen-bond acceptors (Lipinski definition) is 4. The van der Waals surface area contributed by atoms with Gasteiger partial charge < -0.3 is 10.1 Å². The van der Waals surface area contributed by atoms with Crippen LogP contribution in [0.25, 0.3) is 0 Å². The van der Waals surface area contributed by atoms with E-state index in [2.05, 4.69) is 5.32 Å². The van der Waals surface area contributed by atoms with Crippen LogP contribution in [0.3, 0.4) is 0 Å².